The summed E-state index contributed by atoms with van der Waals surface area (Å²) < 4.78 is 0. The van der Waals surface area contributed by atoms with Crippen LogP contribution in [0.15, 0.2) is 0 Å². The second-order valence-electron chi connectivity index (χ2n) is 11.2. The van der Waals surface area contributed by atoms with Crippen LogP contribution in [-0.4, -0.2) is 112 Å². The van der Waals surface area contributed by atoms with Gasteiger partial charge in [-0.15, -0.1) is 69.6 Å². The zero-order valence-electron chi connectivity index (χ0n) is 25.8. The van der Waals surface area contributed by atoms with Gasteiger partial charge in [0, 0.05) is 6.42 Å². The lowest BCUT2D eigenvalue weighted by molar-refractivity contribution is -0.137. The second-order valence-corrected chi connectivity index (χ2v) is 14.3. The van der Waals surface area contributed by atoms with Crippen molar-refractivity contribution in [1.29, 1.82) is 0 Å². The molecule has 0 aromatic carbocycles. The third-order valence-corrected chi connectivity index (χ3v) is 11.4. The van der Waals surface area contributed by atoms with E-state index in [-0.39, 0.29) is 0 Å². The summed E-state index contributed by atoms with van der Waals surface area (Å²) in [4.78, 5) is 10.3. The Bertz CT molecular complexity index is 590. The molecular weight excluding hydrogens is 701 g/mol. The highest BCUT2D eigenvalue weighted by atomic mass is 35.5. The van der Waals surface area contributed by atoms with E-state index in [2.05, 4.69) is 6.92 Å². The molecule has 0 aliphatic heterocycles. The van der Waals surface area contributed by atoms with Crippen LogP contribution in [0.1, 0.15) is 110 Å². The molecule has 0 amide bonds. The first kappa shape index (κ1) is 47.1. The number of hydrogen-bond donors (Lipinski definition) is 7. The number of unbranched alkanes of at least 4 members (excludes halogenated alkanes) is 14. The predicted molar refractivity (Wildman–Crippen MR) is 183 cm³/mol. The van der Waals surface area contributed by atoms with Gasteiger partial charge in [-0.05, 0) is 6.42 Å². The Morgan fingerprint density at radius 2 is 0.727 bits per heavy atom. The molecule has 4 atom stereocenters. The standard InChI is InChI=1S/C18H36O2.C6H6Cl6.C6H14O6/c1-2-3-4-5-6-7-8-9-10-11-12-13-14-15-16-17-18(19)20;7-1-2(8)4(10)6(12)5(11)3(1)9;7-1-3(9)5(11)6(12)4(10)2-8/h2-17H2,1H3,(H,19,20);1-6H;3-12H,1-2H2/t;1-,2-,3-,4+,5+,6+;3-,4+,5+,6-. The normalized spacial score (nSPS) is 25.9. The summed E-state index contributed by atoms with van der Waals surface area (Å²) in [6.45, 7) is 0.818. The number of hydrogen-bond acceptors (Lipinski definition) is 7. The summed E-state index contributed by atoms with van der Waals surface area (Å²) in [5.41, 5.74) is 0. The van der Waals surface area contributed by atoms with Gasteiger partial charge in [-0.1, -0.05) is 96.8 Å². The number of aliphatic hydroxyl groups excluding tert-OH is 6. The maximum absolute atomic E-state index is 10.3. The number of carboxylic acid groups (broad SMARTS) is 1. The number of carbonyl (C=O) groups is 1. The van der Waals surface area contributed by atoms with Crippen molar-refractivity contribution in [3.63, 3.8) is 0 Å². The quantitative estimate of drug-likeness (QED) is 0.0525. The molecule has 0 aromatic rings. The first-order valence-corrected chi connectivity index (χ1v) is 18.4. The van der Waals surface area contributed by atoms with Crippen LogP contribution in [0.3, 0.4) is 0 Å². The summed E-state index contributed by atoms with van der Waals surface area (Å²) in [5, 5.41) is 58.1. The lowest BCUT2D eigenvalue weighted by Gasteiger charge is -2.37. The van der Waals surface area contributed by atoms with Crippen LogP contribution in [0, 0.1) is 0 Å². The van der Waals surface area contributed by atoms with Crippen LogP contribution in [-0.2, 0) is 4.79 Å². The van der Waals surface area contributed by atoms with Gasteiger partial charge < -0.3 is 35.7 Å². The van der Waals surface area contributed by atoms with Crippen molar-refractivity contribution in [3.8, 4) is 0 Å². The van der Waals surface area contributed by atoms with Gasteiger partial charge >= 0.3 is 5.97 Å². The van der Waals surface area contributed by atoms with Crippen molar-refractivity contribution in [1.82, 2.24) is 0 Å². The minimum absolute atomic E-state index is 0.345. The molecular formula is C30H56Cl6O8. The first-order chi connectivity index (χ1) is 20.8. The fourth-order valence-corrected chi connectivity index (χ4v) is 6.70. The van der Waals surface area contributed by atoms with E-state index >= 15 is 0 Å². The van der Waals surface area contributed by atoms with Gasteiger partial charge in [0.1, 0.15) is 24.4 Å². The second kappa shape index (κ2) is 30.1. The minimum atomic E-state index is -1.67. The zero-order valence-corrected chi connectivity index (χ0v) is 30.3. The molecule has 0 bridgehead atoms. The number of aliphatic hydroxyl groups is 6. The molecule has 1 aliphatic rings. The summed E-state index contributed by atoms with van der Waals surface area (Å²) in [6.07, 6.45) is 13.8. The summed E-state index contributed by atoms with van der Waals surface area (Å²) in [5.74, 6) is -0.653. The Kier molecular flexibility index (Phi) is 32.2. The molecule has 0 aromatic heterocycles. The molecule has 14 heteroatoms. The van der Waals surface area contributed by atoms with E-state index in [0.717, 1.165) is 12.8 Å². The van der Waals surface area contributed by atoms with Crippen molar-refractivity contribution in [2.24, 2.45) is 0 Å². The van der Waals surface area contributed by atoms with Crippen molar-refractivity contribution in [2.45, 2.75) is 166 Å². The first-order valence-electron chi connectivity index (χ1n) is 15.8. The van der Waals surface area contributed by atoms with E-state index in [9.17, 15) is 4.79 Å². The van der Waals surface area contributed by atoms with E-state index in [1.807, 2.05) is 0 Å². The van der Waals surface area contributed by atoms with Crippen LogP contribution < -0.4 is 0 Å². The van der Waals surface area contributed by atoms with Gasteiger partial charge in [0.15, 0.2) is 0 Å². The molecule has 0 radical (unpaired) electrons. The van der Waals surface area contributed by atoms with E-state index in [0.29, 0.717) is 6.42 Å². The summed E-state index contributed by atoms with van der Waals surface area (Å²) in [6, 6.07) is 0. The third-order valence-electron chi connectivity index (χ3n) is 7.33. The fourth-order valence-electron chi connectivity index (χ4n) is 4.37. The Morgan fingerprint density at radius 3 is 0.932 bits per heavy atom. The highest BCUT2D eigenvalue weighted by Crippen LogP contribution is 2.39. The van der Waals surface area contributed by atoms with Gasteiger partial charge in [0.05, 0.1) is 45.5 Å². The maximum atomic E-state index is 10.3. The number of halogens is 6. The van der Waals surface area contributed by atoms with Crippen LogP contribution in [0.5, 0.6) is 0 Å². The average molecular weight is 757 g/mol. The SMILES string of the molecule is CCCCCCCCCCCCCCCCCC(=O)O.Cl[C@H]1[C@H](Cl)[C@@H](Cl)[C@@H](Cl)[C@H](Cl)[C@H]1Cl.OC[C@@H](O)[C@H](O)[C@H](O)[C@@H](O)CO. The van der Waals surface area contributed by atoms with Crippen LogP contribution in [0.2, 0.25) is 0 Å². The monoisotopic (exact) mass is 754 g/mol. The molecule has 0 heterocycles. The largest absolute Gasteiger partial charge is 0.481 e. The average Bonchev–Trinajstić information content (AvgIpc) is 3.02. The predicted octanol–water partition coefficient (Wildman–Crippen LogP) is 6.39. The summed E-state index contributed by atoms with van der Waals surface area (Å²) >= 11 is 35.3. The molecule has 44 heavy (non-hydrogen) atoms. The molecule has 1 rings (SSSR count). The number of rotatable bonds is 21. The fraction of sp³-hybridized carbons (Fsp3) is 0.967. The Balaban J connectivity index is 0. The van der Waals surface area contributed by atoms with Crippen LogP contribution in [0.4, 0.5) is 0 Å². The third kappa shape index (κ3) is 22.5. The van der Waals surface area contributed by atoms with Crippen molar-refractivity contribution in [2.75, 3.05) is 13.2 Å². The van der Waals surface area contributed by atoms with E-state index < -0.39 is 75.9 Å². The number of carboxylic acids is 1. The Morgan fingerprint density at radius 1 is 0.500 bits per heavy atom. The van der Waals surface area contributed by atoms with Gasteiger partial charge in [-0.25, -0.2) is 0 Å². The molecule has 8 nitrogen and oxygen atoms in total. The molecule has 0 saturated heterocycles. The highest BCUT2D eigenvalue weighted by Gasteiger charge is 2.46. The number of alkyl halides is 6. The molecule has 1 aliphatic carbocycles. The molecule has 0 spiro atoms. The van der Waals surface area contributed by atoms with E-state index in [4.69, 9.17) is 105 Å². The van der Waals surface area contributed by atoms with Gasteiger partial charge in [-0.2, -0.15) is 0 Å². The zero-order chi connectivity index (χ0) is 34.1. The molecule has 1 saturated carbocycles. The lowest BCUT2D eigenvalue weighted by atomic mass is 9.97. The highest BCUT2D eigenvalue weighted by molar-refractivity contribution is 6.45. The lowest BCUT2D eigenvalue weighted by Crippen LogP contribution is -2.52. The van der Waals surface area contributed by atoms with Crippen molar-refractivity contribution in [3.05, 3.63) is 0 Å². The molecule has 0 unspecified atom stereocenters. The van der Waals surface area contributed by atoms with Crippen molar-refractivity contribution >= 4 is 75.6 Å². The number of aliphatic carboxylic acids is 1. The van der Waals surface area contributed by atoms with E-state index in [1.54, 1.807) is 0 Å². The maximum Gasteiger partial charge on any atom is 0.303 e. The molecule has 1 fully saturated rings. The molecule has 7 N–H and O–H groups in total. The smallest absolute Gasteiger partial charge is 0.303 e. The summed E-state index contributed by atoms with van der Waals surface area (Å²) in [7, 11) is 0. The van der Waals surface area contributed by atoms with E-state index in [1.165, 1.54) is 83.5 Å². The van der Waals surface area contributed by atoms with Crippen LogP contribution in [0.25, 0.3) is 0 Å². The Labute approximate surface area is 294 Å². The topological polar surface area (TPSA) is 159 Å². The Hall–Kier alpha value is 0.970. The van der Waals surface area contributed by atoms with Gasteiger partial charge in [0.2, 0.25) is 0 Å². The van der Waals surface area contributed by atoms with Crippen LogP contribution >= 0.6 is 69.6 Å². The van der Waals surface area contributed by atoms with Crippen molar-refractivity contribution < 1.29 is 40.5 Å². The van der Waals surface area contributed by atoms with Gasteiger partial charge in [0.25, 0.3) is 0 Å². The molecule has 266 valence electrons. The van der Waals surface area contributed by atoms with Gasteiger partial charge in [-0.3, -0.25) is 4.79 Å². The minimum Gasteiger partial charge on any atom is -0.481 e.